The van der Waals surface area contributed by atoms with Crippen molar-refractivity contribution < 1.29 is 22.7 Å². The highest BCUT2D eigenvalue weighted by Crippen LogP contribution is 2.24. The van der Waals surface area contributed by atoms with Crippen LogP contribution in [0.5, 0.6) is 11.5 Å². The van der Waals surface area contributed by atoms with E-state index in [0.29, 0.717) is 16.9 Å². The van der Waals surface area contributed by atoms with Gasteiger partial charge in [-0.3, -0.25) is 0 Å². The zero-order valence-electron chi connectivity index (χ0n) is 11.9. The predicted molar refractivity (Wildman–Crippen MR) is 79.9 cm³/mol. The van der Waals surface area contributed by atoms with Crippen molar-refractivity contribution in [3.63, 3.8) is 0 Å². The van der Waals surface area contributed by atoms with E-state index in [1.165, 1.54) is 12.1 Å². The molecule has 4 nitrogen and oxygen atoms in total. The normalized spacial score (nSPS) is 10.9. The van der Waals surface area contributed by atoms with Gasteiger partial charge < -0.3 is 13.9 Å². The van der Waals surface area contributed by atoms with E-state index in [4.69, 9.17) is 9.15 Å². The topological polar surface area (TPSA) is 48.7 Å². The molecule has 1 aromatic heterocycles. The molecule has 2 aromatic carbocycles. The van der Waals surface area contributed by atoms with E-state index in [1.807, 2.05) is 0 Å². The first-order chi connectivity index (χ1) is 11.1. The summed E-state index contributed by atoms with van der Waals surface area (Å²) in [6.45, 7) is -2.85. The number of fused-ring (bicyclic) bond motifs is 1. The Bertz CT molecular complexity index is 874. The standard InChI is InChI=1S/C17H12F2O4/c18-17(19)23-14-4-2-1-3-12(14)10-21-13-7-5-11-6-8-16(20)22-15(11)9-13/h1-9,17H,10H2. The van der Waals surface area contributed by atoms with Gasteiger partial charge in [-0.1, -0.05) is 18.2 Å². The van der Waals surface area contributed by atoms with E-state index in [0.717, 1.165) is 5.39 Å². The number of para-hydroxylation sites is 1. The van der Waals surface area contributed by atoms with Crippen molar-refractivity contribution in [3.8, 4) is 11.5 Å². The fourth-order valence-electron chi connectivity index (χ4n) is 2.13. The summed E-state index contributed by atoms with van der Waals surface area (Å²) < 4.78 is 39.8. The Morgan fingerprint density at radius 2 is 1.83 bits per heavy atom. The maximum atomic E-state index is 12.4. The predicted octanol–water partition coefficient (Wildman–Crippen LogP) is 3.97. The van der Waals surface area contributed by atoms with E-state index < -0.39 is 12.2 Å². The summed E-state index contributed by atoms with van der Waals surface area (Å²) in [6, 6.07) is 14.4. The molecule has 0 aliphatic rings. The minimum atomic E-state index is -2.90. The molecular weight excluding hydrogens is 306 g/mol. The smallest absolute Gasteiger partial charge is 0.387 e. The molecule has 0 bridgehead atoms. The number of hydrogen-bond acceptors (Lipinski definition) is 4. The van der Waals surface area contributed by atoms with Gasteiger partial charge in [-0.25, -0.2) is 4.79 Å². The van der Waals surface area contributed by atoms with E-state index in [9.17, 15) is 13.6 Å². The number of alkyl halides is 2. The van der Waals surface area contributed by atoms with Crippen LogP contribution in [0, 0.1) is 0 Å². The zero-order valence-corrected chi connectivity index (χ0v) is 11.9. The molecule has 1 heterocycles. The first-order valence-electron chi connectivity index (χ1n) is 6.81. The molecule has 0 N–H and O–H groups in total. The van der Waals surface area contributed by atoms with Crippen molar-refractivity contribution in [1.82, 2.24) is 0 Å². The Hall–Kier alpha value is -2.89. The van der Waals surface area contributed by atoms with E-state index >= 15 is 0 Å². The number of hydrogen-bond donors (Lipinski definition) is 0. The molecule has 0 spiro atoms. The average molecular weight is 318 g/mol. The van der Waals surface area contributed by atoms with Gasteiger partial charge in [0.1, 0.15) is 23.7 Å². The van der Waals surface area contributed by atoms with E-state index in [1.54, 1.807) is 42.5 Å². The van der Waals surface area contributed by atoms with Crippen LogP contribution < -0.4 is 15.1 Å². The van der Waals surface area contributed by atoms with Gasteiger partial charge in [0, 0.05) is 23.1 Å². The molecule has 0 unspecified atom stereocenters. The Morgan fingerprint density at radius 1 is 1.04 bits per heavy atom. The Labute approximate surface area is 129 Å². The van der Waals surface area contributed by atoms with Gasteiger partial charge in [0.25, 0.3) is 0 Å². The molecule has 118 valence electrons. The van der Waals surface area contributed by atoms with Crippen molar-refractivity contribution in [2.45, 2.75) is 13.2 Å². The maximum absolute atomic E-state index is 12.4. The first kappa shape index (κ1) is 15.0. The first-order valence-corrected chi connectivity index (χ1v) is 6.81. The second-order valence-corrected chi connectivity index (χ2v) is 4.73. The molecule has 0 saturated carbocycles. The molecule has 0 fully saturated rings. The molecular formula is C17H12F2O4. The van der Waals surface area contributed by atoms with Crippen molar-refractivity contribution in [2.75, 3.05) is 0 Å². The summed E-state index contributed by atoms with van der Waals surface area (Å²) >= 11 is 0. The van der Waals surface area contributed by atoms with Crippen molar-refractivity contribution >= 4 is 11.0 Å². The average Bonchev–Trinajstić information content (AvgIpc) is 2.53. The molecule has 23 heavy (non-hydrogen) atoms. The van der Waals surface area contributed by atoms with Gasteiger partial charge in [0.2, 0.25) is 0 Å². The lowest BCUT2D eigenvalue weighted by Crippen LogP contribution is -2.06. The molecule has 0 atom stereocenters. The molecule has 0 amide bonds. The van der Waals surface area contributed by atoms with E-state index in [-0.39, 0.29) is 12.4 Å². The Kier molecular flexibility index (Phi) is 4.23. The maximum Gasteiger partial charge on any atom is 0.387 e. The summed E-state index contributed by atoms with van der Waals surface area (Å²) in [5, 5.41) is 0.762. The molecule has 0 radical (unpaired) electrons. The number of halogens is 2. The molecule has 3 aromatic rings. The second-order valence-electron chi connectivity index (χ2n) is 4.73. The van der Waals surface area contributed by atoms with Crippen LogP contribution in [0.1, 0.15) is 5.56 Å². The van der Waals surface area contributed by atoms with Crippen LogP contribution in [0.4, 0.5) is 8.78 Å². The molecule has 0 aliphatic heterocycles. The third-order valence-electron chi connectivity index (χ3n) is 3.18. The largest absolute Gasteiger partial charge is 0.489 e. The molecule has 6 heteroatoms. The van der Waals surface area contributed by atoms with Crippen molar-refractivity contribution in [3.05, 3.63) is 70.6 Å². The summed E-state index contributed by atoms with van der Waals surface area (Å²) in [7, 11) is 0. The van der Waals surface area contributed by atoms with Crippen molar-refractivity contribution in [2.24, 2.45) is 0 Å². The SMILES string of the molecule is O=c1ccc2ccc(OCc3ccccc3OC(F)F)cc2o1. The van der Waals surface area contributed by atoms with Crippen LogP contribution in [0.25, 0.3) is 11.0 Å². The monoisotopic (exact) mass is 318 g/mol. The minimum Gasteiger partial charge on any atom is -0.489 e. The highest BCUT2D eigenvalue weighted by molar-refractivity contribution is 5.77. The van der Waals surface area contributed by atoms with Gasteiger partial charge in [-0.05, 0) is 24.3 Å². The minimum absolute atomic E-state index is 0.0471. The fraction of sp³-hybridized carbons (Fsp3) is 0.118. The highest BCUT2D eigenvalue weighted by atomic mass is 19.3. The van der Waals surface area contributed by atoms with Gasteiger partial charge in [-0.2, -0.15) is 8.78 Å². The number of benzene rings is 2. The Balaban J connectivity index is 1.79. The van der Waals surface area contributed by atoms with Crippen LogP contribution in [0.15, 0.2) is 63.8 Å². The van der Waals surface area contributed by atoms with E-state index in [2.05, 4.69) is 4.74 Å². The lowest BCUT2D eigenvalue weighted by atomic mass is 10.2. The van der Waals surface area contributed by atoms with Gasteiger partial charge >= 0.3 is 12.2 Å². The zero-order chi connectivity index (χ0) is 16.2. The third kappa shape index (κ3) is 3.66. The third-order valence-corrected chi connectivity index (χ3v) is 3.18. The summed E-state index contributed by atoms with van der Waals surface area (Å²) in [5.41, 5.74) is 0.430. The lowest BCUT2D eigenvalue weighted by Gasteiger charge is -2.11. The number of ether oxygens (including phenoxy) is 2. The lowest BCUT2D eigenvalue weighted by molar-refractivity contribution is -0.0508. The fourth-order valence-corrected chi connectivity index (χ4v) is 2.13. The van der Waals surface area contributed by atoms with Crippen molar-refractivity contribution in [1.29, 1.82) is 0 Å². The second kappa shape index (κ2) is 6.48. The highest BCUT2D eigenvalue weighted by Gasteiger charge is 2.10. The molecule has 0 aliphatic carbocycles. The van der Waals surface area contributed by atoms with Crippen LogP contribution in [-0.2, 0) is 6.61 Å². The molecule has 3 rings (SSSR count). The molecule has 0 saturated heterocycles. The van der Waals surface area contributed by atoms with Gasteiger partial charge in [0.05, 0.1) is 0 Å². The summed E-state index contributed by atoms with van der Waals surface area (Å²) in [6.07, 6.45) is 0. The van der Waals surface area contributed by atoms with Gasteiger partial charge in [0.15, 0.2) is 0 Å². The van der Waals surface area contributed by atoms with Crippen LogP contribution in [0.2, 0.25) is 0 Å². The summed E-state index contributed by atoms with van der Waals surface area (Å²) in [4.78, 5) is 11.2. The van der Waals surface area contributed by atoms with Crippen LogP contribution in [0.3, 0.4) is 0 Å². The van der Waals surface area contributed by atoms with Crippen LogP contribution in [-0.4, -0.2) is 6.61 Å². The number of rotatable bonds is 5. The Morgan fingerprint density at radius 3 is 2.65 bits per heavy atom. The van der Waals surface area contributed by atoms with Gasteiger partial charge in [-0.15, -0.1) is 0 Å². The van der Waals surface area contributed by atoms with Crippen LogP contribution >= 0.6 is 0 Å². The summed E-state index contributed by atoms with van der Waals surface area (Å²) in [5.74, 6) is 0.522. The quantitative estimate of drug-likeness (QED) is 0.668.